The van der Waals surface area contributed by atoms with E-state index in [0.29, 0.717) is 33.7 Å². The predicted octanol–water partition coefficient (Wildman–Crippen LogP) is 4.81. The molecule has 2 amide bonds. The smallest absolute Gasteiger partial charge is 0.247 e. The minimum Gasteiger partial charge on any atom is -0.493 e. The van der Waals surface area contributed by atoms with Gasteiger partial charge in [0.1, 0.15) is 23.9 Å². The predicted molar refractivity (Wildman–Crippen MR) is 152 cm³/mol. The van der Waals surface area contributed by atoms with E-state index in [2.05, 4.69) is 15.6 Å². The second kappa shape index (κ2) is 12.8. The van der Waals surface area contributed by atoms with Crippen molar-refractivity contribution in [3.05, 3.63) is 83.7 Å². The molecule has 1 heterocycles. The lowest BCUT2D eigenvalue weighted by molar-refractivity contribution is -0.142. The quantitative estimate of drug-likeness (QED) is 0.300. The van der Waals surface area contributed by atoms with Crippen LogP contribution < -0.4 is 14.8 Å². The number of rotatable bonds is 10. The maximum Gasteiger partial charge on any atom is 0.247 e. The number of hydrogen-bond donors (Lipinski definition) is 1. The molecule has 1 saturated carbocycles. The summed E-state index contributed by atoms with van der Waals surface area (Å²) in [5.41, 5.74) is 2.61. The Labute approximate surface area is 238 Å². The fourth-order valence-corrected chi connectivity index (χ4v) is 5.39. The van der Waals surface area contributed by atoms with Crippen LogP contribution in [0.3, 0.4) is 0 Å². The molecule has 0 bridgehead atoms. The van der Waals surface area contributed by atoms with Crippen molar-refractivity contribution >= 4 is 22.8 Å². The lowest BCUT2D eigenvalue weighted by Gasteiger charge is -2.34. The highest BCUT2D eigenvalue weighted by Gasteiger charge is 2.34. The van der Waals surface area contributed by atoms with Gasteiger partial charge in [0.2, 0.25) is 11.8 Å². The first-order valence-corrected chi connectivity index (χ1v) is 13.8. The Bertz CT molecular complexity index is 1500. The number of halogens is 1. The van der Waals surface area contributed by atoms with E-state index in [1.54, 1.807) is 30.3 Å². The Balaban J connectivity index is 1.56. The summed E-state index contributed by atoms with van der Waals surface area (Å²) in [6.45, 7) is -0.0644. The van der Waals surface area contributed by atoms with E-state index in [0.717, 1.165) is 32.1 Å². The fraction of sp³-hybridized carbons (Fsp3) is 0.355. The van der Waals surface area contributed by atoms with Gasteiger partial charge in [-0.2, -0.15) is 0 Å². The van der Waals surface area contributed by atoms with E-state index in [4.69, 9.17) is 9.47 Å². The summed E-state index contributed by atoms with van der Waals surface area (Å²) in [6.07, 6.45) is 5.02. The minimum atomic E-state index is -0.996. The number of aromatic nitrogens is 3. The molecule has 3 aromatic carbocycles. The normalized spacial score (nSPS) is 14.4. The van der Waals surface area contributed by atoms with Crippen molar-refractivity contribution in [3.8, 4) is 11.5 Å². The van der Waals surface area contributed by atoms with Crippen molar-refractivity contribution in [2.75, 3.05) is 14.2 Å². The monoisotopic (exact) mass is 559 g/mol. The third kappa shape index (κ3) is 6.48. The van der Waals surface area contributed by atoms with Crippen LogP contribution in [0.5, 0.6) is 11.5 Å². The van der Waals surface area contributed by atoms with E-state index in [-0.39, 0.29) is 36.8 Å². The van der Waals surface area contributed by atoms with Crippen molar-refractivity contribution in [1.82, 2.24) is 25.2 Å². The molecule has 1 fully saturated rings. The lowest BCUT2D eigenvalue weighted by Crippen LogP contribution is -2.47. The highest BCUT2D eigenvalue weighted by atomic mass is 19.1. The summed E-state index contributed by atoms with van der Waals surface area (Å²) in [5.74, 6) is -0.0658. The SMILES string of the molecule is COc1ccc([C@H](C(=O)NC2CCCCC2)N(Cc2ccc(F)cc2)C(=O)Cn2nnc3ccccc32)cc1OC. The Hall–Kier alpha value is -4.47. The van der Waals surface area contributed by atoms with Gasteiger partial charge in [0.05, 0.1) is 19.7 Å². The van der Waals surface area contributed by atoms with Gasteiger partial charge in [-0.1, -0.05) is 54.8 Å². The molecule has 0 saturated heterocycles. The molecule has 0 unspecified atom stereocenters. The average Bonchev–Trinajstić information content (AvgIpc) is 3.40. The molecule has 0 aliphatic heterocycles. The second-order valence-corrected chi connectivity index (χ2v) is 10.2. The average molecular weight is 560 g/mol. The third-order valence-corrected chi connectivity index (χ3v) is 7.53. The van der Waals surface area contributed by atoms with E-state index < -0.39 is 6.04 Å². The van der Waals surface area contributed by atoms with E-state index >= 15 is 0 Å². The van der Waals surface area contributed by atoms with Crippen molar-refractivity contribution < 1.29 is 23.5 Å². The molecule has 214 valence electrons. The Morgan fingerprint density at radius 3 is 2.46 bits per heavy atom. The molecular formula is C31H34FN5O4. The molecule has 1 aliphatic rings. The molecule has 1 N–H and O–H groups in total. The molecule has 0 spiro atoms. The van der Waals surface area contributed by atoms with Gasteiger partial charge in [-0.25, -0.2) is 9.07 Å². The molecule has 1 atom stereocenters. The Morgan fingerprint density at radius 1 is 1.00 bits per heavy atom. The van der Waals surface area contributed by atoms with Crippen LogP contribution in [0.25, 0.3) is 11.0 Å². The summed E-state index contributed by atoms with van der Waals surface area (Å²) in [5, 5.41) is 11.6. The molecular weight excluding hydrogens is 525 g/mol. The fourth-order valence-electron chi connectivity index (χ4n) is 5.39. The lowest BCUT2D eigenvalue weighted by atomic mass is 9.94. The van der Waals surface area contributed by atoms with Crippen LogP contribution in [0.4, 0.5) is 4.39 Å². The maximum absolute atomic E-state index is 14.1. The number of fused-ring (bicyclic) bond motifs is 1. The number of carbonyl (C=O) groups is 2. The van der Waals surface area contributed by atoms with Crippen LogP contribution in [0.15, 0.2) is 66.7 Å². The zero-order chi connectivity index (χ0) is 28.8. The van der Waals surface area contributed by atoms with Crippen molar-refractivity contribution in [1.29, 1.82) is 0 Å². The second-order valence-electron chi connectivity index (χ2n) is 10.2. The van der Waals surface area contributed by atoms with Crippen molar-refractivity contribution in [2.24, 2.45) is 0 Å². The van der Waals surface area contributed by atoms with Gasteiger partial charge in [-0.3, -0.25) is 9.59 Å². The zero-order valence-corrected chi connectivity index (χ0v) is 23.3. The van der Waals surface area contributed by atoms with Gasteiger partial charge in [0, 0.05) is 12.6 Å². The molecule has 4 aromatic rings. The Morgan fingerprint density at radius 2 is 1.73 bits per heavy atom. The molecule has 1 aliphatic carbocycles. The molecule has 1 aromatic heterocycles. The minimum absolute atomic E-state index is 0.0286. The number of methoxy groups -OCH3 is 2. The van der Waals surface area contributed by atoms with Crippen LogP contribution in [0.1, 0.15) is 49.3 Å². The van der Waals surface area contributed by atoms with Crippen LogP contribution in [-0.2, 0) is 22.7 Å². The van der Waals surface area contributed by atoms with Gasteiger partial charge in [0.15, 0.2) is 11.5 Å². The number of nitrogens with one attached hydrogen (secondary N) is 1. The van der Waals surface area contributed by atoms with Gasteiger partial charge < -0.3 is 19.7 Å². The summed E-state index contributed by atoms with van der Waals surface area (Å²) < 4.78 is 26.2. The van der Waals surface area contributed by atoms with Gasteiger partial charge in [-0.15, -0.1) is 5.10 Å². The topological polar surface area (TPSA) is 98.6 Å². The van der Waals surface area contributed by atoms with Gasteiger partial charge in [-0.05, 0) is 60.4 Å². The summed E-state index contributed by atoms with van der Waals surface area (Å²) in [7, 11) is 3.06. The van der Waals surface area contributed by atoms with Gasteiger partial charge in [0.25, 0.3) is 0 Å². The van der Waals surface area contributed by atoms with Crippen molar-refractivity contribution in [3.63, 3.8) is 0 Å². The number of nitrogens with zero attached hydrogens (tertiary/aromatic N) is 4. The summed E-state index contributed by atoms with van der Waals surface area (Å²) in [4.78, 5) is 29.8. The first-order valence-electron chi connectivity index (χ1n) is 13.8. The maximum atomic E-state index is 14.1. The van der Waals surface area contributed by atoms with Gasteiger partial charge >= 0.3 is 0 Å². The summed E-state index contributed by atoms with van der Waals surface area (Å²) >= 11 is 0. The first kappa shape index (κ1) is 28.1. The van der Waals surface area contributed by atoms with E-state index in [9.17, 15) is 14.0 Å². The molecule has 5 rings (SSSR count). The standard InChI is InChI=1S/C31H34FN5O4/c1-40-27-17-14-22(18-28(27)41-2)30(31(39)33-24-8-4-3-5-9-24)36(19-21-12-15-23(32)16-13-21)29(38)20-37-26-11-7-6-10-25(26)34-35-37/h6-7,10-18,24,30H,3-5,8-9,19-20H2,1-2H3,(H,33,39)/t30-/m1/s1. The molecule has 10 heteroatoms. The van der Waals surface area contributed by atoms with Crippen LogP contribution in [-0.4, -0.2) is 52.0 Å². The number of amides is 2. The number of benzene rings is 3. The largest absolute Gasteiger partial charge is 0.493 e. The third-order valence-electron chi connectivity index (χ3n) is 7.53. The first-order chi connectivity index (χ1) is 20.0. The summed E-state index contributed by atoms with van der Waals surface area (Å²) in [6, 6.07) is 17.5. The molecule has 41 heavy (non-hydrogen) atoms. The number of para-hydroxylation sites is 1. The van der Waals surface area contributed by atoms with E-state index in [1.807, 2.05) is 24.3 Å². The highest BCUT2D eigenvalue weighted by Crippen LogP contribution is 2.33. The van der Waals surface area contributed by atoms with Crippen LogP contribution >= 0.6 is 0 Å². The zero-order valence-electron chi connectivity index (χ0n) is 23.3. The Kier molecular flexibility index (Phi) is 8.76. The molecule has 9 nitrogen and oxygen atoms in total. The van der Waals surface area contributed by atoms with Crippen LogP contribution in [0, 0.1) is 5.82 Å². The highest BCUT2D eigenvalue weighted by molar-refractivity contribution is 5.89. The number of ether oxygens (including phenoxy) is 2. The van der Waals surface area contributed by atoms with E-state index in [1.165, 1.54) is 35.9 Å². The van der Waals surface area contributed by atoms with Crippen LogP contribution in [0.2, 0.25) is 0 Å². The number of hydrogen-bond acceptors (Lipinski definition) is 6. The number of carbonyl (C=O) groups excluding carboxylic acids is 2. The van der Waals surface area contributed by atoms with Crippen molar-refractivity contribution in [2.45, 2.75) is 57.3 Å². The molecule has 0 radical (unpaired) electrons.